The van der Waals surface area contributed by atoms with Gasteiger partial charge in [-0.3, -0.25) is 9.47 Å². The number of halogens is 14. The van der Waals surface area contributed by atoms with Crippen LogP contribution in [-0.2, 0) is 19.0 Å². The minimum absolute atomic E-state index is 0.0176. The lowest BCUT2D eigenvalue weighted by Gasteiger charge is -2.39. The van der Waals surface area contributed by atoms with E-state index in [1.165, 1.54) is 6.07 Å². The fourth-order valence-corrected chi connectivity index (χ4v) is 1.89. The van der Waals surface area contributed by atoms with Crippen molar-refractivity contribution in [3.8, 4) is 5.75 Å². The molecule has 34 heavy (non-hydrogen) atoms. The Bertz CT molecular complexity index is 862. The summed E-state index contributed by atoms with van der Waals surface area (Å²) in [6.45, 7) is 0. The Kier molecular flexibility index (Phi) is 7.98. The maximum Gasteiger partial charge on any atom is 0.475 e. The van der Waals surface area contributed by atoms with E-state index >= 15 is 0 Å². The minimum atomic E-state index is -7.53. The minimum Gasteiger partial charge on any atom is -0.464 e. The molecule has 0 aromatic heterocycles. The van der Waals surface area contributed by atoms with Gasteiger partial charge in [0.2, 0.25) is 0 Å². The molecule has 0 heterocycles. The van der Waals surface area contributed by atoms with Crippen molar-refractivity contribution < 1.29 is 80.8 Å². The van der Waals surface area contributed by atoms with Gasteiger partial charge in [-0.25, -0.2) is 4.79 Å². The molecule has 1 aromatic rings. The van der Waals surface area contributed by atoms with Crippen LogP contribution in [0.15, 0.2) is 30.3 Å². The van der Waals surface area contributed by atoms with Gasteiger partial charge in [0.25, 0.3) is 0 Å². The summed E-state index contributed by atoms with van der Waals surface area (Å²) in [5.74, 6) is -18.5. The number of hydrogen-bond donors (Lipinski definition) is 0. The van der Waals surface area contributed by atoms with Gasteiger partial charge >= 0.3 is 47.6 Å². The monoisotopic (exact) mass is 550 g/mol. The number of esters is 1. The van der Waals surface area contributed by atoms with E-state index in [1.807, 2.05) is 4.74 Å². The van der Waals surface area contributed by atoms with Crippen LogP contribution in [0.4, 0.5) is 57.1 Å². The van der Waals surface area contributed by atoms with E-state index in [0.29, 0.717) is 12.1 Å². The topological polar surface area (TPSA) is 54.0 Å². The lowest BCUT2D eigenvalue weighted by atomic mass is 10.2. The van der Waals surface area contributed by atoms with Crippen LogP contribution in [0.3, 0.4) is 0 Å². The Hall–Kier alpha value is -2.21. The van der Waals surface area contributed by atoms with Crippen LogP contribution in [0.5, 0.6) is 5.75 Å². The number of carbonyl (C=O) groups is 1. The van der Waals surface area contributed by atoms with Gasteiger partial charge in [-0.05, 0) is 23.7 Å². The third kappa shape index (κ3) is 5.54. The molecule has 19 heteroatoms. The number of hydrogen-bond acceptors (Lipinski definition) is 5. The number of benzene rings is 1. The molecule has 5 nitrogen and oxygen atoms in total. The SMILES string of the molecule is COC(=O)C(F)(F)C(F)(F)OC(F)(C(F)(F)F)C(F)(F)OC(F)(Cl)C(F)(F)Oc1ccccc1. The summed E-state index contributed by atoms with van der Waals surface area (Å²) in [5.41, 5.74) is 0. The van der Waals surface area contributed by atoms with Gasteiger partial charge in [-0.15, -0.1) is 0 Å². The molecule has 0 bridgehead atoms. The molecule has 2 unspecified atom stereocenters. The van der Waals surface area contributed by atoms with Gasteiger partial charge < -0.3 is 9.47 Å². The average molecular weight is 551 g/mol. The molecule has 0 saturated carbocycles. The number of para-hydroxylation sites is 1. The standard InChI is InChI=1S/C15H8ClF13O5/c1-31-8(30)9(17,18)13(24,25)33-10(19,12(21,22)23)14(26,27)34-11(16,20)15(28,29)32-7-5-3-2-4-6-7/h2-6H,1H3. The van der Waals surface area contributed by atoms with Crippen molar-refractivity contribution in [3.63, 3.8) is 0 Å². The molecule has 0 radical (unpaired) electrons. The maximum absolute atomic E-state index is 14.1. The Morgan fingerprint density at radius 1 is 0.735 bits per heavy atom. The summed E-state index contributed by atoms with van der Waals surface area (Å²) in [7, 11) is -0.0176. The first-order valence-corrected chi connectivity index (χ1v) is 8.23. The van der Waals surface area contributed by atoms with Crippen LogP contribution in [0.1, 0.15) is 0 Å². The molecule has 1 rings (SSSR count). The molecule has 0 saturated heterocycles. The number of carbonyl (C=O) groups excluding carboxylic acids is 1. The average Bonchev–Trinajstić information content (AvgIpc) is 2.65. The molecule has 0 spiro atoms. The summed E-state index contributed by atoms with van der Waals surface area (Å²) >= 11 is 4.31. The van der Waals surface area contributed by atoms with Crippen LogP contribution in [-0.4, -0.2) is 54.7 Å². The largest absolute Gasteiger partial charge is 0.475 e. The highest BCUT2D eigenvalue weighted by molar-refractivity contribution is 6.22. The van der Waals surface area contributed by atoms with Crippen LogP contribution in [0.25, 0.3) is 0 Å². The van der Waals surface area contributed by atoms with Crippen LogP contribution < -0.4 is 4.74 Å². The second kappa shape index (κ2) is 9.10. The number of rotatable bonds is 10. The van der Waals surface area contributed by atoms with E-state index < -0.39 is 53.3 Å². The van der Waals surface area contributed by atoms with Gasteiger partial charge in [-0.1, -0.05) is 18.2 Å². The second-order valence-electron chi connectivity index (χ2n) is 5.85. The van der Waals surface area contributed by atoms with Gasteiger partial charge in [-0.2, -0.15) is 57.1 Å². The quantitative estimate of drug-likeness (QED) is 0.210. The highest BCUT2D eigenvalue weighted by Crippen LogP contribution is 2.55. The summed E-state index contributed by atoms with van der Waals surface area (Å²) in [6, 6.07) is 4.30. The van der Waals surface area contributed by atoms with Crippen molar-refractivity contribution in [2.75, 3.05) is 7.11 Å². The third-order valence-corrected chi connectivity index (χ3v) is 3.70. The number of alkyl halides is 14. The Morgan fingerprint density at radius 3 is 1.62 bits per heavy atom. The molecule has 196 valence electrons. The van der Waals surface area contributed by atoms with Crippen LogP contribution in [0, 0.1) is 0 Å². The molecule has 0 aliphatic rings. The zero-order chi connectivity index (χ0) is 27.0. The summed E-state index contributed by atoms with van der Waals surface area (Å²) in [5, 5.41) is -5.97. The molecule has 2 atom stereocenters. The van der Waals surface area contributed by atoms with Crippen molar-refractivity contribution in [1.29, 1.82) is 0 Å². The molecule has 0 N–H and O–H groups in total. The van der Waals surface area contributed by atoms with Gasteiger partial charge in [0, 0.05) is 0 Å². The highest BCUT2D eigenvalue weighted by atomic mass is 35.5. The van der Waals surface area contributed by atoms with E-state index in [4.69, 9.17) is 0 Å². The molecule has 0 fully saturated rings. The summed E-state index contributed by atoms with van der Waals surface area (Å²) in [6.07, 6.45) is -27.9. The first kappa shape index (κ1) is 29.8. The Labute approximate surface area is 184 Å². The van der Waals surface area contributed by atoms with Crippen molar-refractivity contribution >= 4 is 17.6 Å². The summed E-state index contributed by atoms with van der Waals surface area (Å²) in [4.78, 5) is 10.6. The highest BCUT2D eigenvalue weighted by Gasteiger charge is 2.83. The first-order chi connectivity index (χ1) is 15.0. The van der Waals surface area contributed by atoms with Crippen LogP contribution >= 0.6 is 11.6 Å². The zero-order valence-electron chi connectivity index (χ0n) is 15.7. The van der Waals surface area contributed by atoms with Gasteiger partial charge in [0.05, 0.1) is 7.11 Å². The van der Waals surface area contributed by atoms with Gasteiger partial charge in [0.1, 0.15) is 5.75 Å². The lowest BCUT2D eigenvalue weighted by Crippen LogP contribution is -2.66. The Morgan fingerprint density at radius 2 is 1.21 bits per heavy atom. The number of ether oxygens (including phenoxy) is 4. The van der Waals surface area contributed by atoms with Crippen molar-refractivity contribution in [2.45, 2.75) is 41.6 Å². The Balaban J connectivity index is 3.42. The fourth-order valence-electron chi connectivity index (χ4n) is 1.75. The number of methoxy groups -OCH3 is 1. The van der Waals surface area contributed by atoms with Crippen LogP contribution in [0.2, 0.25) is 0 Å². The molecular weight excluding hydrogens is 543 g/mol. The fraction of sp³-hybridized carbons (Fsp3) is 0.533. The van der Waals surface area contributed by atoms with E-state index in [2.05, 4.69) is 25.8 Å². The van der Waals surface area contributed by atoms with Crippen molar-refractivity contribution in [1.82, 2.24) is 0 Å². The maximum atomic E-state index is 14.1. The normalized spacial score (nSPS) is 17.5. The second-order valence-corrected chi connectivity index (χ2v) is 6.33. The smallest absolute Gasteiger partial charge is 0.464 e. The van der Waals surface area contributed by atoms with Crippen molar-refractivity contribution in [2.24, 2.45) is 0 Å². The molecular formula is C15H8ClF13O5. The molecule has 0 amide bonds. The van der Waals surface area contributed by atoms with Crippen molar-refractivity contribution in [3.05, 3.63) is 30.3 Å². The zero-order valence-corrected chi connectivity index (χ0v) is 16.5. The summed E-state index contributed by atoms with van der Waals surface area (Å²) < 4.78 is 186. The van der Waals surface area contributed by atoms with Gasteiger partial charge in [0.15, 0.2) is 0 Å². The van der Waals surface area contributed by atoms with E-state index in [0.717, 1.165) is 12.1 Å². The van der Waals surface area contributed by atoms with E-state index in [9.17, 15) is 61.9 Å². The predicted molar refractivity (Wildman–Crippen MR) is 80.6 cm³/mol. The molecule has 0 aliphatic carbocycles. The molecule has 1 aromatic carbocycles. The van der Waals surface area contributed by atoms with E-state index in [1.54, 1.807) is 0 Å². The van der Waals surface area contributed by atoms with E-state index in [-0.39, 0.29) is 7.11 Å². The first-order valence-electron chi connectivity index (χ1n) is 7.85. The third-order valence-electron chi connectivity index (χ3n) is 3.40. The lowest BCUT2D eigenvalue weighted by molar-refractivity contribution is -0.534. The molecule has 0 aliphatic heterocycles. The predicted octanol–water partition coefficient (Wildman–Crippen LogP) is 5.78.